The Hall–Kier alpha value is -2.60. The second kappa shape index (κ2) is 6.71. The van der Waals surface area contributed by atoms with Gasteiger partial charge in [0.15, 0.2) is 11.5 Å². The number of aliphatic hydroxyl groups excluding tert-OH is 1. The Morgan fingerprint density at radius 1 is 1.10 bits per heavy atom. The molecule has 0 unspecified atom stereocenters. The van der Waals surface area contributed by atoms with Gasteiger partial charge in [-0.15, -0.1) is 0 Å². The quantitative estimate of drug-likeness (QED) is 0.653. The van der Waals surface area contributed by atoms with E-state index in [-0.39, 0.29) is 18.9 Å². The van der Waals surface area contributed by atoms with Gasteiger partial charge in [0, 0.05) is 12.1 Å². The van der Waals surface area contributed by atoms with Gasteiger partial charge in [-0.05, 0) is 35.4 Å². The number of methoxy groups -OCH3 is 1. The third-order valence-corrected chi connectivity index (χ3v) is 2.95. The van der Waals surface area contributed by atoms with E-state index in [2.05, 4.69) is 0 Å². The lowest BCUT2D eigenvalue weighted by atomic mass is 10.2. The molecule has 0 bridgehead atoms. The topological polar surface area (TPSA) is 81.8 Å². The SMILES string of the molecule is COc1ccc(CO)cc1OCc1ccc([N+](=O)[O-])cc1. The third kappa shape index (κ3) is 3.70. The number of aliphatic hydroxyl groups is 1. The molecule has 0 atom stereocenters. The Bertz CT molecular complexity index is 624. The summed E-state index contributed by atoms with van der Waals surface area (Å²) in [5.41, 5.74) is 1.56. The first kappa shape index (κ1) is 14.8. The maximum atomic E-state index is 10.6. The normalized spacial score (nSPS) is 10.2. The van der Waals surface area contributed by atoms with Crippen LogP contribution in [0.25, 0.3) is 0 Å². The smallest absolute Gasteiger partial charge is 0.269 e. The maximum absolute atomic E-state index is 10.6. The second-order valence-corrected chi connectivity index (χ2v) is 4.36. The largest absolute Gasteiger partial charge is 0.493 e. The van der Waals surface area contributed by atoms with Gasteiger partial charge in [0.05, 0.1) is 18.6 Å². The molecule has 0 aliphatic heterocycles. The summed E-state index contributed by atoms with van der Waals surface area (Å²) >= 11 is 0. The van der Waals surface area contributed by atoms with E-state index in [0.29, 0.717) is 11.5 Å². The molecule has 0 fully saturated rings. The van der Waals surface area contributed by atoms with Crippen molar-refractivity contribution in [3.8, 4) is 11.5 Å². The van der Waals surface area contributed by atoms with Gasteiger partial charge in [-0.2, -0.15) is 0 Å². The van der Waals surface area contributed by atoms with Crippen molar-refractivity contribution in [2.24, 2.45) is 0 Å². The van der Waals surface area contributed by atoms with Crippen molar-refractivity contribution in [3.63, 3.8) is 0 Å². The minimum absolute atomic E-state index is 0.0404. The van der Waals surface area contributed by atoms with Crippen LogP contribution in [0.5, 0.6) is 11.5 Å². The predicted molar refractivity (Wildman–Crippen MR) is 76.3 cm³/mol. The van der Waals surface area contributed by atoms with Crippen LogP contribution in [0.1, 0.15) is 11.1 Å². The average Bonchev–Trinajstić information content (AvgIpc) is 2.52. The van der Waals surface area contributed by atoms with Crippen molar-refractivity contribution in [3.05, 3.63) is 63.7 Å². The Morgan fingerprint density at radius 2 is 1.76 bits per heavy atom. The number of nitrogens with zero attached hydrogens (tertiary/aromatic N) is 1. The van der Waals surface area contributed by atoms with Crippen molar-refractivity contribution in [1.82, 2.24) is 0 Å². The van der Waals surface area contributed by atoms with Crippen LogP contribution in [0, 0.1) is 10.1 Å². The minimum Gasteiger partial charge on any atom is -0.493 e. The van der Waals surface area contributed by atoms with Crippen LogP contribution in [0.15, 0.2) is 42.5 Å². The van der Waals surface area contributed by atoms with E-state index < -0.39 is 4.92 Å². The second-order valence-electron chi connectivity index (χ2n) is 4.36. The molecule has 0 amide bonds. The summed E-state index contributed by atoms with van der Waals surface area (Å²) < 4.78 is 10.8. The summed E-state index contributed by atoms with van der Waals surface area (Å²) in [5, 5.41) is 19.7. The first-order valence-electron chi connectivity index (χ1n) is 6.28. The summed E-state index contributed by atoms with van der Waals surface area (Å²) in [6, 6.07) is 11.3. The maximum Gasteiger partial charge on any atom is 0.269 e. The van der Waals surface area contributed by atoms with Crippen LogP contribution in [-0.2, 0) is 13.2 Å². The summed E-state index contributed by atoms with van der Waals surface area (Å²) in [4.78, 5) is 10.1. The number of nitro benzene ring substituents is 1. The number of non-ortho nitro benzene ring substituents is 1. The molecule has 2 aromatic rings. The lowest BCUT2D eigenvalue weighted by Crippen LogP contribution is -1.99. The molecule has 0 aromatic heterocycles. The molecule has 0 aliphatic carbocycles. The highest BCUT2D eigenvalue weighted by Gasteiger charge is 2.07. The van der Waals surface area contributed by atoms with Gasteiger partial charge < -0.3 is 14.6 Å². The van der Waals surface area contributed by atoms with Crippen LogP contribution in [0.2, 0.25) is 0 Å². The molecular formula is C15H15NO5. The lowest BCUT2D eigenvalue weighted by Gasteiger charge is -2.11. The highest BCUT2D eigenvalue weighted by Crippen LogP contribution is 2.29. The number of ether oxygens (including phenoxy) is 2. The summed E-state index contributed by atoms with van der Waals surface area (Å²) in [7, 11) is 1.53. The molecule has 6 heteroatoms. The molecule has 0 saturated carbocycles. The van der Waals surface area contributed by atoms with E-state index in [4.69, 9.17) is 14.6 Å². The molecule has 110 valence electrons. The first-order chi connectivity index (χ1) is 10.1. The van der Waals surface area contributed by atoms with E-state index in [1.807, 2.05) is 0 Å². The number of nitro groups is 1. The fourth-order valence-electron chi connectivity index (χ4n) is 1.81. The monoisotopic (exact) mass is 289 g/mol. The Balaban J connectivity index is 2.10. The molecule has 6 nitrogen and oxygen atoms in total. The highest BCUT2D eigenvalue weighted by molar-refractivity contribution is 5.43. The lowest BCUT2D eigenvalue weighted by molar-refractivity contribution is -0.384. The molecule has 2 aromatic carbocycles. The first-order valence-corrected chi connectivity index (χ1v) is 6.28. The van der Waals surface area contributed by atoms with Crippen molar-refractivity contribution >= 4 is 5.69 Å². The van der Waals surface area contributed by atoms with E-state index in [0.717, 1.165) is 11.1 Å². The van der Waals surface area contributed by atoms with Crippen molar-refractivity contribution in [2.75, 3.05) is 7.11 Å². The molecular weight excluding hydrogens is 274 g/mol. The standard InChI is InChI=1S/C15H15NO5/c1-20-14-7-4-12(9-17)8-15(14)21-10-11-2-5-13(6-3-11)16(18)19/h2-8,17H,9-10H2,1H3. The van der Waals surface area contributed by atoms with Gasteiger partial charge in [-0.25, -0.2) is 0 Å². The highest BCUT2D eigenvalue weighted by atomic mass is 16.6. The van der Waals surface area contributed by atoms with Gasteiger partial charge in [-0.3, -0.25) is 10.1 Å². The zero-order valence-electron chi connectivity index (χ0n) is 11.5. The van der Waals surface area contributed by atoms with Crippen molar-refractivity contribution in [2.45, 2.75) is 13.2 Å². The Morgan fingerprint density at radius 3 is 2.33 bits per heavy atom. The number of hydrogen-bond acceptors (Lipinski definition) is 5. The van der Waals surface area contributed by atoms with Gasteiger partial charge in [0.1, 0.15) is 6.61 Å². The molecule has 2 rings (SSSR count). The van der Waals surface area contributed by atoms with Crippen LogP contribution in [0.3, 0.4) is 0 Å². The zero-order valence-corrected chi connectivity index (χ0v) is 11.5. The van der Waals surface area contributed by atoms with E-state index in [1.165, 1.54) is 19.2 Å². The fourth-order valence-corrected chi connectivity index (χ4v) is 1.81. The van der Waals surface area contributed by atoms with Crippen LogP contribution in [-0.4, -0.2) is 17.1 Å². The summed E-state index contributed by atoms with van der Waals surface area (Å²) in [6.07, 6.45) is 0. The van der Waals surface area contributed by atoms with E-state index in [1.54, 1.807) is 30.3 Å². The van der Waals surface area contributed by atoms with E-state index >= 15 is 0 Å². The van der Waals surface area contributed by atoms with Gasteiger partial charge in [-0.1, -0.05) is 6.07 Å². The molecule has 0 aliphatic rings. The van der Waals surface area contributed by atoms with Gasteiger partial charge in [0.2, 0.25) is 0 Å². The molecule has 21 heavy (non-hydrogen) atoms. The van der Waals surface area contributed by atoms with Gasteiger partial charge in [0.25, 0.3) is 5.69 Å². The molecule has 0 spiro atoms. The minimum atomic E-state index is -0.446. The third-order valence-electron chi connectivity index (χ3n) is 2.95. The Kier molecular flexibility index (Phi) is 4.73. The average molecular weight is 289 g/mol. The molecule has 0 saturated heterocycles. The number of rotatable bonds is 6. The van der Waals surface area contributed by atoms with E-state index in [9.17, 15) is 10.1 Å². The van der Waals surface area contributed by atoms with Crippen LogP contribution in [0.4, 0.5) is 5.69 Å². The summed E-state index contributed by atoms with van der Waals surface area (Å²) in [5.74, 6) is 1.08. The molecule has 0 heterocycles. The predicted octanol–water partition coefficient (Wildman–Crippen LogP) is 2.67. The van der Waals surface area contributed by atoms with Gasteiger partial charge >= 0.3 is 0 Å². The van der Waals surface area contributed by atoms with Crippen molar-refractivity contribution in [1.29, 1.82) is 0 Å². The zero-order chi connectivity index (χ0) is 15.2. The van der Waals surface area contributed by atoms with Crippen molar-refractivity contribution < 1.29 is 19.5 Å². The van der Waals surface area contributed by atoms with Crippen LogP contribution < -0.4 is 9.47 Å². The fraction of sp³-hybridized carbons (Fsp3) is 0.200. The Labute approximate surface area is 121 Å². The number of hydrogen-bond donors (Lipinski definition) is 1. The van der Waals surface area contributed by atoms with Crippen LogP contribution >= 0.6 is 0 Å². The molecule has 1 N–H and O–H groups in total. The number of benzene rings is 2. The molecule has 0 radical (unpaired) electrons. The summed E-state index contributed by atoms with van der Waals surface area (Å²) in [6.45, 7) is 0.168.